The number of nitrogens with one attached hydrogen (secondary N) is 1. The highest BCUT2D eigenvalue weighted by Crippen LogP contribution is 2.51. The van der Waals surface area contributed by atoms with Crippen molar-refractivity contribution in [3.05, 3.63) is 64.0 Å². The first-order valence-corrected chi connectivity index (χ1v) is 12.4. The standard InChI is InChI=1S/C23H21Cl2N7S/c24-17-15(5-8-27-20(17)25)33-22-18-21(30-31-22)29-16(12-28-18)32-9-6-23(7-10-32)11-13-3-1-2-4-14(13)19(23)26/h1-5,8,12,19H,6-7,9-11,26H2,(H,29,30,31)/t19-/m1/s1. The lowest BCUT2D eigenvalue weighted by Gasteiger charge is -2.42. The van der Waals surface area contributed by atoms with Gasteiger partial charge in [-0.15, -0.1) is 0 Å². The van der Waals surface area contributed by atoms with Crippen LogP contribution in [-0.4, -0.2) is 38.2 Å². The SMILES string of the molecule is N[C@@H]1c2ccccc2CC12CCN(c1cnc3c(Sc4ccnc(Cl)c4Cl)n[nH]c3n1)CC2. The van der Waals surface area contributed by atoms with Crippen LogP contribution in [0.2, 0.25) is 10.2 Å². The summed E-state index contributed by atoms with van der Waals surface area (Å²) >= 11 is 13.7. The molecule has 3 N–H and O–H groups in total. The number of aromatic nitrogens is 5. The van der Waals surface area contributed by atoms with Crippen LogP contribution >= 0.6 is 35.0 Å². The van der Waals surface area contributed by atoms with Gasteiger partial charge in [0.05, 0.1) is 11.2 Å². The van der Waals surface area contributed by atoms with Crippen molar-refractivity contribution in [3.8, 4) is 0 Å². The van der Waals surface area contributed by atoms with E-state index in [4.69, 9.17) is 33.9 Å². The fraction of sp³-hybridized carbons (Fsp3) is 0.304. The number of nitrogens with zero attached hydrogens (tertiary/aromatic N) is 5. The van der Waals surface area contributed by atoms with Gasteiger partial charge in [-0.3, -0.25) is 5.10 Å². The Labute approximate surface area is 205 Å². The maximum Gasteiger partial charge on any atom is 0.177 e. The average molecular weight is 498 g/mol. The third-order valence-corrected chi connectivity index (χ3v) is 8.84. The Hall–Kier alpha value is -2.39. The van der Waals surface area contributed by atoms with Gasteiger partial charge in [0.2, 0.25) is 0 Å². The van der Waals surface area contributed by atoms with Crippen molar-refractivity contribution < 1.29 is 0 Å². The molecule has 1 fully saturated rings. The first kappa shape index (κ1) is 21.2. The molecule has 7 nitrogen and oxygen atoms in total. The predicted molar refractivity (Wildman–Crippen MR) is 131 cm³/mol. The molecule has 1 saturated heterocycles. The molecular formula is C23H21Cl2N7S. The molecule has 6 rings (SSSR count). The lowest BCUT2D eigenvalue weighted by Crippen LogP contribution is -2.44. The second-order valence-electron chi connectivity index (χ2n) is 8.67. The van der Waals surface area contributed by atoms with Gasteiger partial charge < -0.3 is 10.6 Å². The molecule has 33 heavy (non-hydrogen) atoms. The largest absolute Gasteiger partial charge is 0.355 e. The fourth-order valence-corrected chi connectivity index (χ4v) is 6.37. The predicted octanol–water partition coefficient (Wildman–Crippen LogP) is 5.05. The van der Waals surface area contributed by atoms with Gasteiger partial charge in [0.15, 0.2) is 10.7 Å². The van der Waals surface area contributed by atoms with Crippen LogP contribution < -0.4 is 10.6 Å². The van der Waals surface area contributed by atoms with Crippen molar-refractivity contribution >= 4 is 51.9 Å². The maximum atomic E-state index is 6.72. The number of piperidine rings is 1. The number of anilines is 1. The summed E-state index contributed by atoms with van der Waals surface area (Å²) in [6, 6.07) is 10.5. The molecule has 0 radical (unpaired) electrons. The first-order chi connectivity index (χ1) is 16.0. The highest BCUT2D eigenvalue weighted by Gasteiger charge is 2.45. The smallest absolute Gasteiger partial charge is 0.177 e. The summed E-state index contributed by atoms with van der Waals surface area (Å²) in [5, 5.41) is 8.76. The molecule has 4 heterocycles. The van der Waals surface area contributed by atoms with Crippen LogP contribution in [0.25, 0.3) is 11.2 Å². The summed E-state index contributed by atoms with van der Waals surface area (Å²) in [5.41, 5.74) is 10.9. The third kappa shape index (κ3) is 3.56. The molecule has 1 aromatic carbocycles. The quantitative estimate of drug-likeness (QED) is 0.382. The Morgan fingerprint density at radius 1 is 1.12 bits per heavy atom. The number of aromatic amines is 1. The van der Waals surface area contributed by atoms with Crippen LogP contribution in [-0.2, 0) is 6.42 Å². The molecule has 1 aliphatic carbocycles. The van der Waals surface area contributed by atoms with E-state index in [-0.39, 0.29) is 16.6 Å². The van der Waals surface area contributed by atoms with Crippen LogP contribution in [0.15, 0.2) is 52.6 Å². The second kappa shape index (κ2) is 8.13. The number of rotatable bonds is 3. The first-order valence-electron chi connectivity index (χ1n) is 10.8. The number of benzene rings is 1. The Balaban J connectivity index is 1.20. The van der Waals surface area contributed by atoms with Gasteiger partial charge in [-0.1, -0.05) is 59.2 Å². The van der Waals surface area contributed by atoms with Gasteiger partial charge in [-0.05, 0) is 41.9 Å². The Morgan fingerprint density at radius 3 is 2.76 bits per heavy atom. The number of fused-ring (bicyclic) bond motifs is 2. The normalized spacial score (nSPS) is 19.4. The topological polar surface area (TPSA) is 96.6 Å². The van der Waals surface area contributed by atoms with Crippen molar-refractivity contribution in [3.63, 3.8) is 0 Å². The minimum Gasteiger partial charge on any atom is -0.355 e. The number of H-pyrrole nitrogens is 1. The van der Waals surface area contributed by atoms with E-state index < -0.39 is 0 Å². The summed E-state index contributed by atoms with van der Waals surface area (Å²) in [7, 11) is 0. The summed E-state index contributed by atoms with van der Waals surface area (Å²) in [6.45, 7) is 1.81. The van der Waals surface area contributed by atoms with Crippen molar-refractivity contribution in [1.82, 2.24) is 25.1 Å². The van der Waals surface area contributed by atoms with Gasteiger partial charge in [0.1, 0.15) is 16.5 Å². The van der Waals surface area contributed by atoms with Crippen molar-refractivity contribution in [1.29, 1.82) is 0 Å². The van der Waals surface area contributed by atoms with E-state index in [0.29, 0.717) is 21.2 Å². The number of halogens is 2. The van der Waals surface area contributed by atoms with Crippen molar-refractivity contribution in [2.24, 2.45) is 11.1 Å². The average Bonchev–Trinajstić information content (AvgIpc) is 3.36. The van der Waals surface area contributed by atoms with E-state index in [1.54, 1.807) is 12.3 Å². The molecule has 1 spiro atoms. The molecular weight excluding hydrogens is 477 g/mol. The summed E-state index contributed by atoms with van der Waals surface area (Å²) in [5.74, 6) is 0.853. The van der Waals surface area contributed by atoms with E-state index >= 15 is 0 Å². The van der Waals surface area contributed by atoms with E-state index in [2.05, 4.69) is 49.3 Å². The molecule has 0 amide bonds. The lowest BCUT2D eigenvalue weighted by molar-refractivity contribution is 0.187. The van der Waals surface area contributed by atoms with Gasteiger partial charge in [0, 0.05) is 30.2 Å². The molecule has 3 aromatic heterocycles. The van der Waals surface area contributed by atoms with Crippen molar-refractivity contribution in [2.45, 2.75) is 35.2 Å². The highest BCUT2D eigenvalue weighted by molar-refractivity contribution is 7.99. The molecule has 0 unspecified atom stereocenters. The summed E-state index contributed by atoms with van der Waals surface area (Å²) < 4.78 is 0. The Morgan fingerprint density at radius 2 is 1.94 bits per heavy atom. The second-order valence-corrected chi connectivity index (χ2v) is 10.4. The summed E-state index contributed by atoms with van der Waals surface area (Å²) in [4.78, 5) is 16.5. The minimum absolute atomic E-state index is 0.102. The maximum absolute atomic E-state index is 6.72. The number of hydrogen-bond acceptors (Lipinski definition) is 7. The monoisotopic (exact) mass is 497 g/mol. The Bertz CT molecular complexity index is 1350. The molecule has 10 heteroatoms. The zero-order chi connectivity index (χ0) is 22.6. The van der Waals surface area contributed by atoms with Gasteiger partial charge in [0.25, 0.3) is 0 Å². The fourth-order valence-electron chi connectivity index (χ4n) is 5.07. The van der Waals surface area contributed by atoms with Gasteiger partial charge in [-0.2, -0.15) is 5.10 Å². The molecule has 168 valence electrons. The zero-order valence-electron chi connectivity index (χ0n) is 17.6. The lowest BCUT2D eigenvalue weighted by atomic mass is 9.73. The number of hydrogen-bond donors (Lipinski definition) is 2. The van der Waals surface area contributed by atoms with Crippen LogP contribution in [0.3, 0.4) is 0 Å². The molecule has 0 bridgehead atoms. The molecule has 1 aliphatic heterocycles. The molecule has 0 saturated carbocycles. The number of pyridine rings is 1. The summed E-state index contributed by atoms with van der Waals surface area (Å²) in [6.07, 6.45) is 6.57. The molecule has 2 aliphatic rings. The van der Waals surface area contributed by atoms with E-state index in [1.807, 2.05) is 6.20 Å². The molecule has 4 aromatic rings. The van der Waals surface area contributed by atoms with Crippen molar-refractivity contribution in [2.75, 3.05) is 18.0 Å². The van der Waals surface area contributed by atoms with E-state index in [9.17, 15) is 0 Å². The zero-order valence-corrected chi connectivity index (χ0v) is 20.0. The Kier molecular flexibility index (Phi) is 5.21. The molecule has 1 atom stereocenters. The van der Waals surface area contributed by atoms with Gasteiger partial charge >= 0.3 is 0 Å². The van der Waals surface area contributed by atoms with Crippen LogP contribution in [0.5, 0.6) is 0 Å². The van der Waals surface area contributed by atoms with Crippen LogP contribution in [0.1, 0.15) is 30.0 Å². The van der Waals surface area contributed by atoms with Crippen LogP contribution in [0, 0.1) is 5.41 Å². The van der Waals surface area contributed by atoms with Crippen LogP contribution in [0.4, 0.5) is 5.82 Å². The van der Waals surface area contributed by atoms with E-state index in [0.717, 1.165) is 43.1 Å². The highest BCUT2D eigenvalue weighted by atomic mass is 35.5. The van der Waals surface area contributed by atoms with E-state index in [1.165, 1.54) is 22.9 Å². The minimum atomic E-state index is 0.102. The van der Waals surface area contributed by atoms with Gasteiger partial charge in [-0.25, -0.2) is 15.0 Å². The number of nitrogens with two attached hydrogens (primary N) is 1. The third-order valence-electron chi connectivity index (χ3n) is 6.92.